The maximum absolute atomic E-state index is 14.5. The van der Waals surface area contributed by atoms with Gasteiger partial charge in [-0.3, -0.25) is 4.79 Å². The summed E-state index contributed by atoms with van der Waals surface area (Å²) < 4.78 is 19.6. The molecule has 0 aliphatic carbocycles. The quantitative estimate of drug-likeness (QED) is 0.600. The van der Waals surface area contributed by atoms with Crippen molar-refractivity contribution >= 4 is 16.9 Å². The van der Waals surface area contributed by atoms with Gasteiger partial charge in [-0.1, -0.05) is 0 Å². The number of ether oxygens (including phenoxy) is 1. The topological polar surface area (TPSA) is 93.0 Å². The van der Waals surface area contributed by atoms with Crippen LogP contribution in [0.2, 0.25) is 0 Å². The van der Waals surface area contributed by atoms with E-state index in [0.717, 1.165) is 5.52 Å². The highest BCUT2D eigenvalue weighted by Crippen LogP contribution is 2.26. The number of hydrogen-bond acceptors (Lipinski definition) is 4. The smallest absolute Gasteiger partial charge is 0.251 e. The highest BCUT2D eigenvalue weighted by molar-refractivity contribution is 5.94. The number of halogens is 1. The van der Waals surface area contributed by atoms with Gasteiger partial charge >= 0.3 is 0 Å². The molecule has 0 aliphatic rings. The van der Waals surface area contributed by atoms with Crippen LogP contribution < -0.4 is 15.8 Å². The summed E-state index contributed by atoms with van der Waals surface area (Å²) in [7, 11) is 1.58. The Labute approximate surface area is 144 Å². The number of nitrogens with zero attached hydrogens (tertiary/aromatic N) is 1. The molecule has 3 aromatic rings. The molecule has 0 unspecified atom stereocenters. The van der Waals surface area contributed by atoms with Gasteiger partial charge in [0.05, 0.1) is 23.7 Å². The number of carbonyl (C=O) groups excluding carboxylic acids is 1. The maximum atomic E-state index is 14.5. The molecule has 2 aromatic carbocycles. The maximum Gasteiger partial charge on any atom is 0.251 e. The van der Waals surface area contributed by atoms with Crippen molar-refractivity contribution in [3.05, 3.63) is 47.8 Å². The number of methoxy groups -OCH3 is 1. The Morgan fingerprint density at radius 1 is 1.32 bits per heavy atom. The van der Waals surface area contributed by atoms with E-state index in [-0.39, 0.29) is 11.5 Å². The van der Waals surface area contributed by atoms with E-state index in [0.29, 0.717) is 42.2 Å². The number of nitrogens with one attached hydrogen (secondary N) is 2. The minimum absolute atomic E-state index is 0.260. The van der Waals surface area contributed by atoms with Crippen LogP contribution in [0.3, 0.4) is 0 Å². The zero-order chi connectivity index (χ0) is 17.8. The minimum atomic E-state index is -0.516. The van der Waals surface area contributed by atoms with Crippen molar-refractivity contribution in [3.63, 3.8) is 0 Å². The molecule has 0 spiro atoms. The molecule has 3 rings (SSSR count). The molecule has 25 heavy (non-hydrogen) atoms. The van der Waals surface area contributed by atoms with Crippen molar-refractivity contribution in [2.24, 2.45) is 5.73 Å². The van der Waals surface area contributed by atoms with Crippen LogP contribution in [0, 0.1) is 5.82 Å². The summed E-state index contributed by atoms with van der Waals surface area (Å²) in [6, 6.07) is 9.71. The zero-order valence-electron chi connectivity index (χ0n) is 13.8. The van der Waals surface area contributed by atoms with Crippen molar-refractivity contribution < 1.29 is 13.9 Å². The molecule has 7 heteroatoms. The number of H-pyrrole nitrogens is 1. The minimum Gasteiger partial charge on any atom is -0.497 e. The van der Waals surface area contributed by atoms with Gasteiger partial charge in [0.1, 0.15) is 17.4 Å². The molecule has 0 atom stereocenters. The number of imidazole rings is 1. The summed E-state index contributed by atoms with van der Waals surface area (Å²) in [5.41, 5.74) is 7.40. The zero-order valence-corrected chi connectivity index (χ0v) is 13.8. The van der Waals surface area contributed by atoms with Gasteiger partial charge in [-0.2, -0.15) is 0 Å². The molecule has 1 aromatic heterocycles. The van der Waals surface area contributed by atoms with Crippen LogP contribution in [0.5, 0.6) is 5.75 Å². The summed E-state index contributed by atoms with van der Waals surface area (Å²) >= 11 is 0. The van der Waals surface area contributed by atoms with Gasteiger partial charge in [0.2, 0.25) is 0 Å². The molecular weight excluding hydrogens is 323 g/mol. The van der Waals surface area contributed by atoms with E-state index >= 15 is 0 Å². The number of fused-ring (bicyclic) bond motifs is 1. The summed E-state index contributed by atoms with van der Waals surface area (Å²) in [5.74, 6) is 0.245. The SMILES string of the molecule is COc1ccc2nc(-c3ccc(C(=O)NCCCN)cc3F)[nH]c2c1. The van der Waals surface area contributed by atoms with E-state index in [2.05, 4.69) is 15.3 Å². The van der Waals surface area contributed by atoms with Gasteiger partial charge in [-0.25, -0.2) is 9.37 Å². The van der Waals surface area contributed by atoms with Crippen LogP contribution in [-0.2, 0) is 0 Å². The second-order valence-corrected chi connectivity index (χ2v) is 5.56. The molecule has 0 aliphatic heterocycles. The molecule has 0 saturated carbocycles. The van der Waals surface area contributed by atoms with Gasteiger partial charge in [0, 0.05) is 18.2 Å². The first-order valence-electron chi connectivity index (χ1n) is 7.94. The lowest BCUT2D eigenvalue weighted by atomic mass is 10.1. The number of carbonyl (C=O) groups is 1. The Morgan fingerprint density at radius 2 is 2.16 bits per heavy atom. The number of amides is 1. The highest BCUT2D eigenvalue weighted by Gasteiger charge is 2.14. The number of aromatic nitrogens is 2. The molecule has 1 heterocycles. The molecule has 1 amide bonds. The fourth-order valence-electron chi connectivity index (χ4n) is 2.50. The van der Waals surface area contributed by atoms with Gasteiger partial charge < -0.3 is 20.8 Å². The average molecular weight is 342 g/mol. The van der Waals surface area contributed by atoms with Crippen molar-refractivity contribution in [1.29, 1.82) is 0 Å². The van der Waals surface area contributed by atoms with E-state index < -0.39 is 5.82 Å². The van der Waals surface area contributed by atoms with Gasteiger partial charge in [0.25, 0.3) is 5.91 Å². The molecule has 0 fully saturated rings. The molecule has 4 N–H and O–H groups in total. The Bertz CT molecular complexity index is 907. The Kier molecular flexibility index (Phi) is 4.95. The van der Waals surface area contributed by atoms with Crippen molar-refractivity contribution in [2.45, 2.75) is 6.42 Å². The second-order valence-electron chi connectivity index (χ2n) is 5.56. The van der Waals surface area contributed by atoms with Gasteiger partial charge in [0.15, 0.2) is 0 Å². The Morgan fingerprint density at radius 3 is 2.88 bits per heavy atom. The van der Waals surface area contributed by atoms with Crippen LogP contribution >= 0.6 is 0 Å². The van der Waals surface area contributed by atoms with Crippen molar-refractivity contribution in [1.82, 2.24) is 15.3 Å². The van der Waals surface area contributed by atoms with E-state index in [1.165, 1.54) is 6.07 Å². The molecule has 0 bridgehead atoms. The number of hydrogen-bond donors (Lipinski definition) is 3. The Hall–Kier alpha value is -2.93. The lowest BCUT2D eigenvalue weighted by Crippen LogP contribution is -2.26. The number of aromatic amines is 1. The van der Waals surface area contributed by atoms with E-state index in [4.69, 9.17) is 10.5 Å². The second kappa shape index (κ2) is 7.31. The lowest BCUT2D eigenvalue weighted by Gasteiger charge is -2.06. The predicted molar refractivity (Wildman–Crippen MR) is 94.0 cm³/mol. The summed E-state index contributed by atoms with van der Waals surface area (Å²) in [4.78, 5) is 19.4. The average Bonchev–Trinajstić information content (AvgIpc) is 3.04. The summed E-state index contributed by atoms with van der Waals surface area (Å²) in [6.45, 7) is 0.953. The lowest BCUT2D eigenvalue weighted by molar-refractivity contribution is 0.0953. The first kappa shape index (κ1) is 16.9. The third kappa shape index (κ3) is 3.61. The first-order chi connectivity index (χ1) is 12.1. The van der Waals surface area contributed by atoms with Crippen molar-refractivity contribution in [3.8, 4) is 17.1 Å². The first-order valence-corrected chi connectivity index (χ1v) is 7.94. The molecule has 0 radical (unpaired) electrons. The van der Waals surface area contributed by atoms with Gasteiger partial charge in [-0.05, 0) is 43.3 Å². The Balaban J connectivity index is 1.86. The number of rotatable bonds is 6. The molecular formula is C18H19FN4O2. The third-order valence-electron chi connectivity index (χ3n) is 3.84. The molecule has 130 valence electrons. The van der Waals surface area contributed by atoms with Crippen LogP contribution in [0.15, 0.2) is 36.4 Å². The summed E-state index contributed by atoms with van der Waals surface area (Å²) in [6.07, 6.45) is 0.675. The summed E-state index contributed by atoms with van der Waals surface area (Å²) in [5, 5.41) is 2.70. The van der Waals surface area contributed by atoms with Gasteiger partial charge in [-0.15, -0.1) is 0 Å². The number of benzene rings is 2. The molecule has 6 nitrogen and oxygen atoms in total. The normalized spacial score (nSPS) is 10.8. The van der Waals surface area contributed by atoms with Crippen molar-refractivity contribution in [2.75, 3.05) is 20.2 Å². The van der Waals surface area contributed by atoms with Crippen LogP contribution in [0.25, 0.3) is 22.4 Å². The van der Waals surface area contributed by atoms with Crippen LogP contribution in [0.1, 0.15) is 16.8 Å². The molecule has 0 saturated heterocycles. The van der Waals surface area contributed by atoms with Crippen LogP contribution in [0.4, 0.5) is 4.39 Å². The number of nitrogens with two attached hydrogens (primary N) is 1. The van der Waals surface area contributed by atoms with E-state index in [1.54, 1.807) is 37.4 Å². The monoisotopic (exact) mass is 342 g/mol. The largest absolute Gasteiger partial charge is 0.497 e. The van der Waals surface area contributed by atoms with Crippen LogP contribution in [-0.4, -0.2) is 36.1 Å². The third-order valence-corrected chi connectivity index (χ3v) is 3.84. The van der Waals surface area contributed by atoms with E-state index in [1.807, 2.05) is 0 Å². The fraction of sp³-hybridized carbons (Fsp3) is 0.222. The predicted octanol–water partition coefficient (Wildman–Crippen LogP) is 2.46. The standard InChI is InChI=1S/C18H19FN4O2/c1-25-12-4-6-15-16(10-12)23-17(22-15)13-5-3-11(9-14(13)19)18(24)21-8-2-7-20/h3-6,9-10H,2,7-8,20H2,1H3,(H,21,24)(H,22,23). The fourth-order valence-corrected chi connectivity index (χ4v) is 2.50. The van der Waals surface area contributed by atoms with E-state index in [9.17, 15) is 9.18 Å². The highest BCUT2D eigenvalue weighted by atomic mass is 19.1.